The Morgan fingerprint density at radius 3 is 2.55 bits per heavy atom. The molecule has 7 heteroatoms. The summed E-state index contributed by atoms with van der Waals surface area (Å²) in [6.45, 7) is 4.14. The van der Waals surface area contributed by atoms with Gasteiger partial charge in [-0.2, -0.15) is 0 Å². The lowest BCUT2D eigenvalue weighted by Crippen LogP contribution is -2.35. The summed E-state index contributed by atoms with van der Waals surface area (Å²) in [5.41, 5.74) is 2.60. The molecule has 1 atom stereocenters. The van der Waals surface area contributed by atoms with Gasteiger partial charge in [0.2, 0.25) is 11.8 Å². The van der Waals surface area contributed by atoms with Gasteiger partial charge < -0.3 is 10.2 Å². The lowest BCUT2D eigenvalue weighted by molar-refractivity contribution is -0.121. The molecule has 0 bridgehead atoms. The van der Waals surface area contributed by atoms with E-state index in [9.17, 15) is 18.0 Å². The van der Waals surface area contributed by atoms with Crippen LogP contribution in [0.4, 0.5) is 5.69 Å². The van der Waals surface area contributed by atoms with Crippen LogP contribution in [0.1, 0.15) is 37.8 Å². The van der Waals surface area contributed by atoms with Crippen molar-refractivity contribution in [1.29, 1.82) is 0 Å². The van der Waals surface area contributed by atoms with Crippen molar-refractivity contribution in [3.05, 3.63) is 59.7 Å². The van der Waals surface area contributed by atoms with Crippen LogP contribution in [0, 0.1) is 0 Å². The Labute approximate surface area is 171 Å². The second-order valence-corrected chi connectivity index (χ2v) is 9.40. The largest absolute Gasteiger partial charge is 0.352 e. The first-order valence-corrected chi connectivity index (χ1v) is 11.5. The first kappa shape index (κ1) is 21.0. The molecule has 1 N–H and O–H groups in total. The minimum atomic E-state index is -3.58. The lowest BCUT2D eigenvalue weighted by Gasteiger charge is -2.22. The topological polar surface area (TPSA) is 83.6 Å². The van der Waals surface area contributed by atoms with E-state index in [4.69, 9.17) is 0 Å². The molecule has 0 spiro atoms. The van der Waals surface area contributed by atoms with Crippen LogP contribution in [0.15, 0.2) is 53.4 Å². The number of sulfone groups is 1. The van der Waals surface area contributed by atoms with Crippen LogP contribution in [0.5, 0.6) is 0 Å². The molecular weight excluding hydrogens is 388 g/mol. The van der Waals surface area contributed by atoms with Gasteiger partial charge in [0.05, 0.1) is 10.6 Å². The van der Waals surface area contributed by atoms with Crippen molar-refractivity contribution < 1.29 is 18.0 Å². The third kappa shape index (κ3) is 4.85. The quantitative estimate of drug-likeness (QED) is 0.755. The van der Waals surface area contributed by atoms with Crippen LogP contribution in [0.25, 0.3) is 0 Å². The predicted octanol–water partition coefficient (Wildman–Crippen LogP) is 2.85. The Morgan fingerprint density at radius 1 is 1.14 bits per heavy atom. The van der Waals surface area contributed by atoms with Gasteiger partial charge in [-0.1, -0.05) is 37.3 Å². The van der Waals surface area contributed by atoms with Crippen LogP contribution in [-0.2, 0) is 32.4 Å². The Bertz CT molecular complexity index is 1000. The molecule has 1 heterocycles. The van der Waals surface area contributed by atoms with Gasteiger partial charge in [0.15, 0.2) is 9.84 Å². The average molecular weight is 415 g/mol. The van der Waals surface area contributed by atoms with E-state index in [1.165, 1.54) is 6.07 Å². The number of benzene rings is 2. The average Bonchev–Trinajstić information content (AvgIpc) is 3.06. The zero-order chi connectivity index (χ0) is 21.0. The van der Waals surface area contributed by atoms with Crippen molar-refractivity contribution in [3.63, 3.8) is 0 Å². The highest BCUT2D eigenvalue weighted by atomic mass is 32.2. The molecule has 6 nitrogen and oxygen atoms in total. The molecule has 0 saturated heterocycles. The Morgan fingerprint density at radius 2 is 1.86 bits per heavy atom. The monoisotopic (exact) mass is 414 g/mol. The molecule has 0 aromatic heterocycles. The second kappa shape index (κ2) is 8.78. The van der Waals surface area contributed by atoms with Gasteiger partial charge in [-0.25, -0.2) is 8.42 Å². The van der Waals surface area contributed by atoms with Crippen molar-refractivity contribution in [3.8, 4) is 0 Å². The number of carbonyl (C=O) groups excluding carboxylic acids is 2. The van der Waals surface area contributed by atoms with Gasteiger partial charge in [0.1, 0.15) is 0 Å². The number of amides is 2. The fourth-order valence-corrected chi connectivity index (χ4v) is 4.87. The van der Waals surface area contributed by atoms with Crippen LogP contribution in [0.3, 0.4) is 0 Å². The van der Waals surface area contributed by atoms with E-state index < -0.39 is 9.84 Å². The van der Waals surface area contributed by atoms with Gasteiger partial charge in [-0.05, 0) is 42.7 Å². The number of nitrogens with one attached hydrogen (secondary N) is 1. The number of nitrogens with zero attached hydrogens (tertiary/aromatic N) is 1. The molecule has 154 valence electrons. The van der Waals surface area contributed by atoms with E-state index in [2.05, 4.69) is 5.32 Å². The molecule has 0 aliphatic carbocycles. The Kier molecular flexibility index (Phi) is 6.37. The first-order chi connectivity index (χ1) is 13.8. The van der Waals surface area contributed by atoms with Crippen LogP contribution >= 0.6 is 0 Å². The smallest absolute Gasteiger partial charge is 0.226 e. The van der Waals surface area contributed by atoms with Gasteiger partial charge in [0, 0.05) is 31.1 Å². The minimum absolute atomic E-state index is 0.0131. The van der Waals surface area contributed by atoms with E-state index in [1.807, 2.05) is 44.2 Å². The predicted molar refractivity (Wildman–Crippen MR) is 112 cm³/mol. The van der Waals surface area contributed by atoms with Crippen LogP contribution in [0.2, 0.25) is 0 Å². The van der Waals surface area contributed by atoms with E-state index in [-0.39, 0.29) is 34.9 Å². The third-order valence-electron chi connectivity index (χ3n) is 5.13. The fraction of sp³-hybridized carbons (Fsp3) is 0.364. The lowest BCUT2D eigenvalue weighted by atomic mass is 10.1. The fourth-order valence-electron chi connectivity index (χ4n) is 3.58. The molecule has 0 fully saturated rings. The van der Waals surface area contributed by atoms with Crippen molar-refractivity contribution in [1.82, 2.24) is 5.32 Å². The Balaban J connectivity index is 1.64. The summed E-state index contributed by atoms with van der Waals surface area (Å²) in [7, 11) is -3.58. The highest BCUT2D eigenvalue weighted by Gasteiger charge is 2.31. The molecule has 3 rings (SSSR count). The zero-order valence-corrected chi connectivity index (χ0v) is 17.5. The highest BCUT2D eigenvalue weighted by Crippen LogP contribution is 2.34. The van der Waals surface area contributed by atoms with E-state index in [0.717, 1.165) is 16.8 Å². The van der Waals surface area contributed by atoms with Crippen molar-refractivity contribution in [2.75, 3.05) is 10.7 Å². The molecule has 0 saturated carbocycles. The van der Waals surface area contributed by atoms with Gasteiger partial charge in [-0.15, -0.1) is 0 Å². The van der Waals surface area contributed by atoms with Gasteiger partial charge in [-0.3, -0.25) is 9.59 Å². The summed E-state index contributed by atoms with van der Waals surface area (Å²) in [5.74, 6) is -0.520. The SMILES string of the molecule is CCC(=O)N1c2ccc(S(=O)(=O)CCC(=O)NCc3ccccc3)cc2CC1C. The van der Waals surface area contributed by atoms with Crippen LogP contribution < -0.4 is 10.2 Å². The van der Waals surface area contributed by atoms with Crippen molar-refractivity contribution in [2.45, 2.75) is 50.6 Å². The normalized spacial score (nSPS) is 15.8. The first-order valence-electron chi connectivity index (χ1n) is 9.80. The summed E-state index contributed by atoms with van der Waals surface area (Å²) >= 11 is 0. The maximum absolute atomic E-state index is 12.7. The summed E-state index contributed by atoms with van der Waals surface area (Å²) in [6, 6.07) is 14.4. The maximum Gasteiger partial charge on any atom is 0.226 e. The van der Waals surface area contributed by atoms with Gasteiger partial charge in [0.25, 0.3) is 0 Å². The van der Waals surface area contributed by atoms with Crippen molar-refractivity contribution in [2.24, 2.45) is 0 Å². The van der Waals surface area contributed by atoms with Gasteiger partial charge >= 0.3 is 0 Å². The molecule has 29 heavy (non-hydrogen) atoms. The molecule has 2 aromatic rings. The number of fused-ring (bicyclic) bond motifs is 1. The maximum atomic E-state index is 12.7. The van der Waals surface area contributed by atoms with Crippen molar-refractivity contribution >= 4 is 27.3 Å². The summed E-state index contributed by atoms with van der Waals surface area (Å²) in [4.78, 5) is 26.2. The molecule has 1 aliphatic rings. The Hall–Kier alpha value is -2.67. The molecular formula is C22H26N2O4S. The molecule has 2 amide bonds. The summed E-state index contributed by atoms with van der Waals surface area (Å²) < 4.78 is 25.4. The number of anilines is 1. The second-order valence-electron chi connectivity index (χ2n) is 7.29. The minimum Gasteiger partial charge on any atom is -0.352 e. The standard InChI is InChI=1S/C22H26N2O4S/c1-3-22(26)24-16(2)13-18-14-19(9-10-20(18)24)29(27,28)12-11-21(25)23-15-17-7-5-4-6-8-17/h4-10,14,16H,3,11-13,15H2,1-2H3,(H,23,25). The van der Waals surface area contributed by atoms with E-state index >= 15 is 0 Å². The molecule has 0 radical (unpaired) electrons. The third-order valence-corrected chi connectivity index (χ3v) is 6.84. The zero-order valence-electron chi connectivity index (χ0n) is 16.7. The number of rotatable bonds is 7. The van der Waals surface area contributed by atoms with Crippen LogP contribution in [-0.4, -0.2) is 32.0 Å². The summed E-state index contributed by atoms with van der Waals surface area (Å²) in [5, 5.41) is 2.75. The summed E-state index contributed by atoms with van der Waals surface area (Å²) in [6.07, 6.45) is 0.938. The number of hydrogen-bond acceptors (Lipinski definition) is 4. The highest BCUT2D eigenvalue weighted by molar-refractivity contribution is 7.91. The molecule has 1 unspecified atom stereocenters. The van der Waals surface area contributed by atoms with E-state index in [1.54, 1.807) is 17.0 Å². The number of carbonyl (C=O) groups is 2. The number of hydrogen-bond donors (Lipinski definition) is 1. The molecule has 1 aliphatic heterocycles. The van der Waals surface area contributed by atoms with E-state index in [0.29, 0.717) is 19.4 Å². The molecule has 2 aromatic carbocycles.